The number of H-pyrrole nitrogens is 1. The summed E-state index contributed by atoms with van der Waals surface area (Å²) in [6.07, 6.45) is 4.39. The van der Waals surface area contributed by atoms with E-state index in [2.05, 4.69) is 24.9 Å². The number of nitrogens with zero attached hydrogens (tertiary/aromatic N) is 4. The Morgan fingerprint density at radius 2 is 1.76 bits per heavy atom. The summed E-state index contributed by atoms with van der Waals surface area (Å²) in [6.45, 7) is 1.93. The van der Waals surface area contributed by atoms with Gasteiger partial charge in [0, 0.05) is 12.6 Å². The first kappa shape index (κ1) is 11.3. The molecule has 5 N–H and O–H groups in total. The van der Waals surface area contributed by atoms with Crippen LogP contribution in [0.1, 0.15) is 23.8 Å². The molecular weight excluding hydrogens is 218 g/mol. The molecule has 2 heterocycles. The van der Waals surface area contributed by atoms with Crippen LogP contribution in [-0.2, 0) is 12.8 Å². The molecule has 0 aromatic carbocycles. The molecule has 0 saturated heterocycles. The summed E-state index contributed by atoms with van der Waals surface area (Å²) in [6, 6.07) is 0. The van der Waals surface area contributed by atoms with Crippen LogP contribution in [0.5, 0.6) is 0 Å². The maximum absolute atomic E-state index is 5.49. The molecule has 0 atom stereocenters. The SMILES string of the molecule is Cc1nc(CCCc2nc(N)nc(N)n2)c[nH]1. The topological polar surface area (TPSA) is 119 Å². The van der Waals surface area contributed by atoms with E-state index in [1.807, 2.05) is 13.1 Å². The van der Waals surface area contributed by atoms with Crippen molar-refractivity contribution in [2.75, 3.05) is 11.5 Å². The molecule has 0 amide bonds. The Balaban J connectivity index is 1.89. The molecule has 0 saturated carbocycles. The van der Waals surface area contributed by atoms with Crippen LogP contribution in [0.3, 0.4) is 0 Å². The van der Waals surface area contributed by atoms with E-state index in [9.17, 15) is 0 Å². The summed E-state index contributed by atoms with van der Waals surface area (Å²) < 4.78 is 0. The smallest absolute Gasteiger partial charge is 0.225 e. The predicted molar refractivity (Wildman–Crippen MR) is 64.0 cm³/mol. The van der Waals surface area contributed by atoms with Gasteiger partial charge in [-0.2, -0.15) is 15.0 Å². The third-order valence-corrected chi connectivity index (χ3v) is 2.31. The average Bonchev–Trinajstić information content (AvgIpc) is 2.63. The van der Waals surface area contributed by atoms with Crippen molar-refractivity contribution in [3.8, 4) is 0 Å². The Morgan fingerprint density at radius 1 is 1.06 bits per heavy atom. The Hall–Kier alpha value is -2.18. The van der Waals surface area contributed by atoms with Crippen LogP contribution >= 0.6 is 0 Å². The second kappa shape index (κ2) is 4.77. The van der Waals surface area contributed by atoms with E-state index in [-0.39, 0.29) is 11.9 Å². The van der Waals surface area contributed by atoms with E-state index in [4.69, 9.17) is 11.5 Å². The lowest BCUT2D eigenvalue weighted by molar-refractivity contribution is 0.756. The molecule has 2 aromatic rings. The molecule has 7 nitrogen and oxygen atoms in total. The standard InChI is InChI=1S/C10H15N7/c1-6-13-5-7(14-6)3-2-4-8-15-9(11)17-10(12)16-8/h5H,2-4H2,1H3,(H,13,14)(H4,11,12,15,16,17). The highest BCUT2D eigenvalue weighted by Gasteiger charge is 2.03. The highest BCUT2D eigenvalue weighted by atomic mass is 15.1. The first-order valence-corrected chi connectivity index (χ1v) is 5.40. The summed E-state index contributed by atoms with van der Waals surface area (Å²) >= 11 is 0. The van der Waals surface area contributed by atoms with Crippen LogP contribution in [0.25, 0.3) is 0 Å². The van der Waals surface area contributed by atoms with Crippen molar-refractivity contribution in [3.05, 3.63) is 23.5 Å². The summed E-state index contributed by atoms with van der Waals surface area (Å²) in [7, 11) is 0. The third-order valence-electron chi connectivity index (χ3n) is 2.31. The molecule has 2 rings (SSSR count). The van der Waals surface area contributed by atoms with Gasteiger partial charge in [-0.3, -0.25) is 0 Å². The van der Waals surface area contributed by atoms with Gasteiger partial charge in [-0.05, 0) is 19.8 Å². The van der Waals surface area contributed by atoms with Crippen molar-refractivity contribution in [2.45, 2.75) is 26.2 Å². The molecule has 0 bridgehead atoms. The summed E-state index contributed by atoms with van der Waals surface area (Å²) in [5.41, 5.74) is 12.0. The van der Waals surface area contributed by atoms with Crippen LogP contribution in [0.2, 0.25) is 0 Å². The number of anilines is 2. The third kappa shape index (κ3) is 3.13. The molecule has 0 aliphatic heterocycles. The number of nitrogen functional groups attached to an aromatic ring is 2. The van der Waals surface area contributed by atoms with Crippen LogP contribution in [0.4, 0.5) is 11.9 Å². The van der Waals surface area contributed by atoms with Gasteiger partial charge in [-0.15, -0.1) is 0 Å². The number of rotatable bonds is 4. The molecule has 90 valence electrons. The largest absolute Gasteiger partial charge is 0.368 e. The van der Waals surface area contributed by atoms with Crippen molar-refractivity contribution in [2.24, 2.45) is 0 Å². The number of aromatic nitrogens is 5. The number of hydrogen-bond acceptors (Lipinski definition) is 6. The monoisotopic (exact) mass is 233 g/mol. The number of aromatic amines is 1. The van der Waals surface area contributed by atoms with Crippen molar-refractivity contribution in [3.63, 3.8) is 0 Å². The summed E-state index contributed by atoms with van der Waals surface area (Å²) in [4.78, 5) is 19.1. The van der Waals surface area contributed by atoms with Gasteiger partial charge in [0.1, 0.15) is 11.6 Å². The molecule has 0 spiro atoms. The van der Waals surface area contributed by atoms with E-state index in [0.29, 0.717) is 12.2 Å². The van der Waals surface area contributed by atoms with E-state index < -0.39 is 0 Å². The van der Waals surface area contributed by atoms with Crippen molar-refractivity contribution < 1.29 is 0 Å². The molecule has 2 aromatic heterocycles. The molecule has 7 heteroatoms. The molecule has 0 fully saturated rings. The van der Waals surface area contributed by atoms with Crippen molar-refractivity contribution in [1.29, 1.82) is 0 Å². The number of hydrogen-bond donors (Lipinski definition) is 3. The minimum atomic E-state index is 0.170. The van der Waals surface area contributed by atoms with Gasteiger partial charge in [0.2, 0.25) is 11.9 Å². The van der Waals surface area contributed by atoms with Gasteiger partial charge in [-0.25, -0.2) is 4.98 Å². The maximum Gasteiger partial charge on any atom is 0.225 e. The van der Waals surface area contributed by atoms with Gasteiger partial charge in [0.15, 0.2) is 0 Å². The number of nitrogens with two attached hydrogens (primary N) is 2. The quantitative estimate of drug-likeness (QED) is 0.696. The molecule has 0 radical (unpaired) electrons. The lowest BCUT2D eigenvalue weighted by atomic mass is 10.2. The van der Waals surface area contributed by atoms with Crippen LogP contribution in [-0.4, -0.2) is 24.9 Å². The summed E-state index contributed by atoms with van der Waals surface area (Å²) in [5.74, 6) is 1.89. The highest BCUT2D eigenvalue weighted by Crippen LogP contribution is 2.05. The zero-order chi connectivity index (χ0) is 12.3. The zero-order valence-corrected chi connectivity index (χ0v) is 9.64. The Morgan fingerprint density at radius 3 is 2.35 bits per heavy atom. The minimum absolute atomic E-state index is 0.170. The Labute approximate surface area is 98.7 Å². The molecule has 0 aliphatic rings. The molecule has 0 unspecified atom stereocenters. The van der Waals surface area contributed by atoms with Gasteiger partial charge >= 0.3 is 0 Å². The molecule has 17 heavy (non-hydrogen) atoms. The fraction of sp³-hybridized carbons (Fsp3) is 0.400. The zero-order valence-electron chi connectivity index (χ0n) is 9.64. The van der Waals surface area contributed by atoms with Gasteiger partial charge in [-0.1, -0.05) is 0 Å². The summed E-state index contributed by atoms with van der Waals surface area (Å²) in [5, 5.41) is 0. The Kier molecular flexibility index (Phi) is 3.17. The fourth-order valence-corrected chi connectivity index (χ4v) is 1.59. The lowest BCUT2D eigenvalue weighted by Gasteiger charge is -2.01. The first-order chi connectivity index (χ1) is 8.13. The first-order valence-electron chi connectivity index (χ1n) is 5.40. The minimum Gasteiger partial charge on any atom is -0.368 e. The number of imidazole rings is 1. The fourth-order valence-electron chi connectivity index (χ4n) is 1.59. The normalized spacial score (nSPS) is 10.6. The number of aryl methyl sites for hydroxylation is 3. The average molecular weight is 233 g/mol. The number of nitrogens with one attached hydrogen (secondary N) is 1. The van der Waals surface area contributed by atoms with Gasteiger partial charge in [0.05, 0.1) is 5.69 Å². The Bertz CT molecular complexity index is 485. The second-order valence-corrected chi connectivity index (χ2v) is 3.80. The van der Waals surface area contributed by atoms with Crippen LogP contribution < -0.4 is 11.5 Å². The van der Waals surface area contributed by atoms with Gasteiger partial charge < -0.3 is 16.5 Å². The van der Waals surface area contributed by atoms with E-state index in [1.165, 1.54) is 0 Å². The lowest BCUT2D eigenvalue weighted by Crippen LogP contribution is -2.07. The van der Waals surface area contributed by atoms with E-state index >= 15 is 0 Å². The van der Waals surface area contributed by atoms with Crippen LogP contribution in [0, 0.1) is 6.92 Å². The highest BCUT2D eigenvalue weighted by molar-refractivity contribution is 5.25. The maximum atomic E-state index is 5.49. The van der Waals surface area contributed by atoms with Crippen molar-refractivity contribution >= 4 is 11.9 Å². The second-order valence-electron chi connectivity index (χ2n) is 3.80. The van der Waals surface area contributed by atoms with Crippen molar-refractivity contribution in [1.82, 2.24) is 24.9 Å². The van der Waals surface area contributed by atoms with Gasteiger partial charge in [0.25, 0.3) is 0 Å². The molecule has 0 aliphatic carbocycles. The van der Waals surface area contributed by atoms with Crippen LogP contribution in [0.15, 0.2) is 6.20 Å². The van der Waals surface area contributed by atoms with E-state index in [0.717, 1.165) is 24.4 Å². The molecular formula is C10H15N7. The van der Waals surface area contributed by atoms with E-state index in [1.54, 1.807) is 0 Å². The predicted octanol–water partition coefficient (Wildman–Crippen LogP) is 0.243.